The van der Waals surface area contributed by atoms with E-state index >= 15 is 0 Å². The summed E-state index contributed by atoms with van der Waals surface area (Å²) in [6.45, 7) is 0. The summed E-state index contributed by atoms with van der Waals surface area (Å²) in [5.74, 6) is 1.62. The third-order valence-corrected chi connectivity index (χ3v) is 4.17. The van der Waals surface area contributed by atoms with Crippen LogP contribution in [-0.2, 0) is 4.79 Å². The average molecular weight is 252 g/mol. The van der Waals surface area contributed by atoms with Crippen molar-refractivity contribution in [2.24, 2.45) is 5.92 Å². The van der Waals surface area contributed by atoms with E-state index in [4.69, 9.17) is 0 Å². The van der Waals surface area contributed by atoms with Gasteiger partial charge in [0.25, 0.3) is 0 Å². The Morgan fingerprint density at radius 2 is 1.89 bits per heavy atom. The van der Waals surface area contributed by atoms with E-state index in [2.05, 4.69) is 9.97 Å². The summed E-state index contributed by atoms with van der Waals surface area (Å²) in [7, 11) is 1.71. The highest BCUT2D eigenvalue weighted by Crippen LogP contribution is 2.34. The molecule has 0 bridgehead atoms. The standard InChI is InChI=1S/C15H17BN2O/c16-14(19)10-5-7-11(8-6-10)15-17-9-12-3-1-2-4-13(12)18-15/h1-4,9-11H,5-8,16H2. The number of hydrogen-bond acceptors (Lipinski definition) is 3. The van der Waals surface area contributed by atoms with Crippen LogP contribution in [0.2, 0.25) is 0 Å². The summed E-state index contributed by atoms with van der Waals surface area (Å²) < 4.78 is 0. The van der Waals surface area contributed by atoms with Gasteiger partial charge in [-0.05, 0) is 31.7 Å². The highest BCUT2D eigenvalue weighted by molar-refractivity contribution is 6.58. The zero-order chi connectivity index (χ0) is 13.2. The molecule has 0 amide bonds. The van der Waals surface area contributed by atoms with Crippen LogP contribution < -0.4 is 0 Å². The lowest BCUT2D eigenvalue weighted by Gasteiger charge is -2.26. The van der Waals surface area contributed by atoms with Crippen molar-refractivity contribution in [3.05, 3.63) is 36.3 Å². The van der Waals surface area contributed by atoms with Gasteiger partial charge in [-0.3, -0.25) is 0 Å². The smallest absolute Gasteiger partial charge is 0.187 e. The van der Waals surface area contributed by atoms with E-state index in [1.54, 1.807) is 7.85 Å². The topological polar surface area (TPSA) is 42.9 Å². The Morgan fingerprint density at radius 3 is 2.63 bits per heavy atom. The van der Waals surface area contributed by atoms with E-state index < -0.39 is 0 Å². The zero-order valence-electron chi connectivity index (χ0n) is 11.2. The van der Waals surface area contributed by atoms with Crippen molar-refractivity contribution >= 4 is 24.4 Å². The normalized spacial score (nSPS) is 23.4. The molecule has 0 spiro atoms. The lowest BCUT2D eigenvalue weighted by atomic mass is 9.75. The van der Waals surface area contributed by atoms with Crippen LogP contribution in [0.1, 0.15) is 37.4 Å². The lowest BCUT2D eigenvalue weighted by molar-refractivity contribution is -0.116. The summed E-state index contributed by atoms with van der Waals surface area (Å²) in [6, 6.07) is 8.07. The number of fused-ring (bicyclic) bond motifs is 1. The van der Waals surface area contributed by atoms with Crippen LogP contribution >= 0.6 is 0 Å². The third kappa shape index (κ3) is 2.53. The van der Waals surface area contributed by atoms with Gasteiger partial charge in [-0.2, -0.15) is 0 Å². The molecule has 4 heteroatoms. The second-order valence-electron chi connectivity index (χ2n) is 5.45. The SMILES string of the molecule is BC(=O)C1CCC(c2ncc3ccccc3n2)CC1. The van der Waals surface area contributed by atoms with Gasteiger partial charge in [-0.15, -0.1) is 0 Å². The minimum absolute atomic E-state index is 0.261. The molecule has 0 N–H and O–H groups in total. The van der Waals surface area contributed by atoms with Crippen LogP contribution in [0.3, 0.4) is 0 Å². The van der Waals surface area contributed by atoms with Gasteiger partial charge in [0.1, 0.15) is 5.82 Å². The van der Waals surface area contributed by atoms with Gasteiger partial charge in [0.2, 0.25) is 0 Å². The monoisotopic (exact) mass is 252 g/mol. The Kier molecular flexibility index (Phi) is 3.32. The fraction of sp³-hybridized carbons (Fsp3) is 0.400. The Balaban J connectivity index is 1.80. The second kappa shape index (κ2) is 5.12. The molecule has 19 heavy (non-hydrogen) atoms. The molecule has 1 aromatic heterocycles. The number of hydrogen-bond donors (Lipinski definition) is 0. The fourth-order valence-electron chi connectivity index (χ4n) is 2.94. The Morgan fingerprint density at radius 1 is 1.16 bits per heavy atom. The molecule has 1 saturated carbocycles. The van der Waals surface area contributed by atoms with Crippen LogP contribution in [0.25, 0.3) is 10.9 Å². The highest BCUT2D eigenvalue weighted by atomic mass is 16.1. The van der Waals surface area contributed by atoms with E-state index in [1.165, 1.54) is 0 Å². The van der Waals surface area contributed by atoms with Gasteiger partial charge in [-0.25, -0.2) is 9.97 Å². The summed E-state index contributed by atoms with van der Waals surface area (Å²) in [5, 5.41) is 1.09. The van der Waals surface area contributed by atoms with Crippen molar-refractivity contribution in [1.82, 2.24) is 9.97 Å². The molecule has 1 heterocycles. The van der Waals surface area contributed by atoms with Crippen molar-refractivity contribution in [3.63, 3.8) is 0 Å². The second-order valence-corrected chi connectivity index (χ2v) is 5.45. The molecular formula is C15H17BN2O. The summed E-state index contributed by atoms with van der Waals surface area (Å²) in [4.78, 5) is 20.6. The van der Waals surface area contributed by atoms with Gasteiger partial charge in [0.05, 0.1) is 11.2 Å². The Hall–Kier alpha value is -1.71. The molecular weight excluding hydrogens is 235 g/mol. The Bertz CT molecular complexity index is 606. The number of carbonyl (C=O) groups is 1. The quantitative estimate of drug-likeness (QED) is 0.768. The molecule has 0 atom stereocenters. The average Bonchev–Trinajstić information content (AvgIpc) is 2.47. The van der Waals surface area contributed by atoms with Crippen molar-refractivity contribution in [1.29, 1.82) is 0 Å². The molecule has 0 radical (unpaired) electrons. The highest BCUT2D eigenvalue weighted by Gasteiger charge is 2.26. The van der Waals surface area contributed by atoms with Gasteiger partial charge < -0.3 is 4.79 Å². The van der Waals surface area contributed by atoms with Crippen LogP contribution in [0.5, 0.6) is 0 Å². The van der Waals surface area contributed by atoms with E-state index in [0.29, 0.717) is 11.6 Å². The molecule has 1 aromatic carbocycles. The van der Waals surface area contributed by atoms with E-state index in [9.17, 15) is 4.79 Å². The van der Waals surface area contributed by atoms with E-state index in [1.807, 2.05) is 30.5 Å². The summed E-state index contributed by atoms with van der Waals surface area (Å²) in [5.41, 5.74) is 1.35. The zero-order valence-corrected chi connectivity index (χ0v) is 11.2. The van der Waals surface area contributed by atoms with Gasteiger partial charge in [-0.1, -0.05) is 18.2 Å². The number of nitrogens with zero attached hydrogens (tertiary/aromatic N) is 2. The fourth-order valence-corrected chi connectivity index (χ4v) is 2.94. The first-order valence-corrected chi connectivity index (χ1v) is 6.96. The molecule has 0 unspecified atom stereocenters. The first-order valence-electron chi connectivity index (χ1n) is 6.96. The predicted molar refractivity (Wildman–Crippen MR) is 77.8 cm³/mol. The van der Waals surface area contributed by atoms with Crippen LogP contribution in [0.15, 0.2) is 30.5 Å². The van der Waals surface area contributed by atoms with Gasteiger partial charge >= 0.3 is 0 Å². The predicted octanol–water partition coefficient (Wildman–Crippen LogP) is 2.06. The molecule has 0 saturated heterocycles. The Labute approximate surface area is 113 Å². The van der Waals surface area contributed by atoms with Crippen molar-refractivity contribution in [2.75, 3.05) is 0 Å². The maximum atomic E-state index is 11.4. The lowest BCUT2D eigenvalue weighted by Crippen LogP contribution is -2.21. The molecule has 2 aromatic rings. The van der Waals surface area contributed by atoms with Crippen molar-refractivity contribution in [2.45, 2.75) is 31.6 Å². The first kappa shape index (κ1) is 12.3. The molecule has 3 nitrogen and oxygen atoms in total. The minimum Gasteiger partial charge on any atom is -0.312 e. The summed E-state index contributed by atoms with van der Waals surface area (Å²) in [6.07, 6.45) is 5.94. The molecule has 1 fully saturated rings. The van der Waals surface area contributed by atoms with Gasteiger partial charge in [0.15, 0.2) is 7.85 Å². The number of benzene rings is 1. The van der Waals surface area contributed by atoms with Crippen LogP contribution in [-0.4, -0.2) is 23.5 Å². The van der Waals surface area contributed by atoms with E-state index in [0.717, 1.165) is 42.4 Å². The number of carbonyl (C=O) groups excluding carboxylic acids is 1. The molecule has 1 aliphatic rings. The minimum atomic E-state index is 0.261. The first-order chi connectivity index (χ1) is 9.24. The number of para-hydroxylation sites is 1. The van der Waals surface area contributed by atoms with Crippen LogP contribution in [0, 0.1) is 5.92 Å². The molecule has 3 rings (SSSR count). The molecule has 0 aliphatic heterocycles. The van der Waals surface area contributed by atoms with Gasteiger partial charge in [0, 0.05) is 23.4 Å². The summed E-state index contributed by atoms with van der Waals surface area (Å²) >= 11 is 0. The van der Waals surface area contributed by atoms with E-state index in [-0.39, 0.29) is 5.92 Å². The number of rotatable bonds is 2. The van der Waals surface area contributed by atoms with Crippen molar-refractivity contribution in [3.8, 4) is 0 Å². The van der Waals surface area contributed by atoms with Crippen LogP contribution in [0.4, 0.5) is 0 Å². The maximum absolute atomic E-state index is 11.4. The molecule has 1 aliphatic carbocycles. The number of aromatic nitrogens is 2. The largest absolute Gasteiger partial charge is 0.312 e. The maximum Gasteiger partial charge on any atom is 0.187 e. The van der Waals surface area contributed by atoms with Crippen molar-refractivity contribution < 1.29 is 4.79 Å². The molecule has 96 valence electrons. The third-order valence-electron chi connectivity index (χ3n) is 4.17.